The average molecular weight is 286 g/mol. The maximum atomic E-state index is 4.41. The van der Waals surface area contributed by atoms with Gasteiger partial charge in [0, 0.05) is 5.69 Å². The highest BCUT2D eigenvalue weighted by Gasteiger charge is 2.10. The Bertz CT molecular complexity index is 764. The maximum absolute atomic E-state index is 4.41. The fourth-order valence-electron chi connectivity index (χ4n) is 1.91. The monoisotopic (exact) mass is 286 g/mol. The van der Waals surface area contributed by atoms with Crippen molar-refractivity contribution < 1.29 is 0 Å². The van der Waals surface area contributed by atoms with Crippen molar-refractivity contribution in [2.75, 3.05) is 0 Å². The number of rotatable bonds is 3. The highest BCUT2D eigenvalue weighted by Crippen LogP contribution is 2.13. The predicted octanol–water partition coefficient (Wildman–Crippen LogP) is 2.33. The van der Waals surface area contributed by atoms with Gasteiger partial charge in [-0.25, -0.2) is 4.68 Å². The minimum Gasteiger partial charge on any atom is -0.202 e. The second-order valence-corrected chi connectivity index (χ2v) is 5.47. The van der Waals surface area contributed by atoms with Gasteiger partial charge in [-0.2, -0.15) is 14.9 Å². The second-order valence-electron chi connectivity index (χ2n) is 4.53. The van der Waals surface area contributed by atoms with Crippen molar-refractivity contribution in [3.63, 3.8) is 0 Å². The predicted molar refractivity (Wildman–Crippen MR) is 78.7 cm³/mol. The van der Waals surface area contributed by atoms with Gasteiger partial charge in [-0.05, 0) is 43.8 Å². The Morgan fingerprint density at radius 3 is 2.80 bits per heavy atom. The summed E-state index contributed by atoms with van der Waals surface area (Å²) in [5.74, 6) is 0.584. The molecule has 0 aliphatic heterocycles. The lowest BCUT2D eigenvalue weighted by Gasteiger charge is -2.02. The smallest absolute Gasteiger partial charge is 0.202 e. The van der Waals surface area contributed by atoms with Crippen LogP contribution in [0.2, 0.25) is 0 Å². The molecule has 20 heavy (non-hydrogen) atoms. The molecule has 3 heterocycles. The fourth-order valence-corrected chi connectivity index (χ4v) is 2.69. The minimum atomic E-state index is 0.584. The van der Waals surface area contributed by atoms with Gasteiger partial charge >= 0.3 is 0 Å². The van der Waals surface area contributed by atoms with E-state index in [9.17, 15) is 0 Å². The van der Waals surface area contributed by atoms with Crippen LogP contribution in [0.3, 0.4) is 0 Å². The quantitative estimate of drug-likeness (QED) is 0.694. The van der Waals surface area contributed by atoms with Gasteiger partial charge in [0.15, 0.2) is 0 Å². The summed E-state index contributed by atoms with van der Waals surface area (Å²) in [4.78, 5) is 1.12. The SMILES string of the molecule is Cc1cc(C)n(-c2nncn2/N=C\c2sccc2C)n1. The largest absolute Gasteiger partial charge is 0.273 e. The molecule has 0 unspecified atom stereocenters. The zero-order chi connectivity index (χ0) is 14.1. The van der Waals surface area contributed by atoms with Gasteiger partial charge in [-0.1, -0.05) is 0 Å². The zero-order valence-electron chi connectivity index (χ0n) is 11.5. The second kappa shape index (κ2) is 5.01. The molecule has 0 spiro atoms. The van der Waals surface area contributed by atoms with Crippen LogP contribution in [-0.4, -0.2) is 30.9 Å². The first-order valence-corrected chi connectivity index (χ1v) is 7.05. The maximum Gasteiger partial charge on any atom is 0.273 e. The van der Waals surface area contributed by atoms with Crippen molar-refractivity contribution >= 4 is 17.6 Å². The molecule has 7 heteroatoms. The Kier molecular flexibility index (Phi) is 3.19. The molecule has 3 aromatic rings. The van der Waals surface area contributed by atoms with Gasteiger partial charge < -0.3 is 0 Å². The van der Waals surface area contributed by atoms with Crippen LogP contribution < -0.4 is 0 Å². The molecule has 0 aliphatic rings. The van der Waals surface area contributed by atoms with Crippen LogP contribution in [0.4, 0.5) is 0 Å². The summed E-state index contributed by atoms with van der Waals surface area (Å²) in [5.41, 5.74) is 3.15. The van der Waals surface area contributed by atoms with Crippen LogP contribution in [0.1, 0.15) is 21.8 Å². The summed E-state index contributed by atoms with van der Waals surface area (Å²) < 4.78 is 3.36. The number of thiophene rings is 1. The summed E-state index contributed by atoms with van der Waals surface area (Å²) in [6.07, 6.45) is 3.39. The Balaban J connectivity index is 1.97. The molecule has 0 aliphatic carbocycles. The lowest BCUT2D eigenvalue weighted by molar-refractivity contribution is 0.717. The van der Waals surface area contributed by atoms with E-state index >= 15 is 0 Å². The van der Waals surface area contributed by atoms with Crippen LogP contribution in [0, 0.1) is 20.8 Å². The first kappa shape index (κ1) is 12.7. The third kappa shape index (κ3) is 2.27. The summed E-state index contributed by atoms with van der Waals surface area (Å²) in [6, 6.07) is 4.06. The van der Waals surface area contributed by atoms with E-state index in [4.69, 9.17) is 0 Å². The Labute approximate surface area is 120 Å². The lowest BCUT2D eigenvalue weighted by atomic mass is 10.3. The van der Waals surface area contributed by atoms with Crippen molar-refractivity contribution in [1.29, 1.82) is 0 Å². The molecule has 0 aromatic carbocycles. The average Bonchev–Trinajstić information content (AvgIpc) is 3.08. The molecule has 3 rings (SSSR count). The van der Waals surface area contributed by atoms with Crippen molar-refractivity contribution in [2.45, 2.75) is 20.8 Å². The molecule has 0 amide bonds. The van der Waals surface area contributed by atoms with E-state index < -0.39 is 0 Å². The normalized spacial score (nSPS) is 11.6. The molecular weight excluding hydrogens is 272 g/mol. The van der Waals surface area contributed by atoms with Crippen molar-refractivity contribution in [2.24, 2.45) is 5.10 Å². The topological polar surface area (TPSA) is 60.9 Å². The van der Waals surface area contributed by atoms with E-state index in [-0.39, 0.29) is 0 Å². The minimum absolute atomic E-state index is 0.584. The van der Waals surface area contributed by atoms with Crippen LogP contribution in [-0.2, 0) is 0 Å². The van der Waals surface area contributed by atoms with E-state index in [0.29, 0.717) is 5.95 Å². The van der Waals surface area contributed by atoms with Crippen LogP contribution in [0.25, 0.3) is 5.95 Å². The molecule has 0 atom stereocenters. The first-order valence-electron chi connectivity index (χ1n) is 6.17. The van der Waals surface area contributed by atoms with Crippen molar-refractivity contribution in [3.8, 4) is 5.95 Å². The summed E-state index contributed by atoms with van der Waals surface area (Å²) >= 11 is 1.65. The van der Waals surface area contributed by atoms with E-state index in [2.05, 4.69) is 33.4 Å². The van der Waals surface area contributed by atoms with E-state index in [1.165, 1.54) is 5.56 Å². The molecule has 6 nitrogen and oxygen atoms in total. The Hall–Kier alpha value is -2.28. The molecule has 0 fully saturated rings. The summed E-state index contributed by atoms with van der Waals surface area (Å²) in [5, 5.41) is 18.9. The fraction of sp³-hybridized carbons (Fsp3) is 0.231. The highest BCUT2D eigenvalue weighted by atomic mass is 32.1. The number of hydrogen-bond donors (Lipinski definition) is 0. The van der Waals surface area contributed by atoms with Gasteiger partial charge in [-0.15, -0.1) is 21.5 Å². The van der Waals surface area contributed by atoms with Gasteiger partial charge in [0.1, 0.15) is 6.33 Å². The molecule has 0 radical (unpaired) electrons. The molecule has 102 valence electrons. The van der Waals surface area contributed by atoms with E-state index in [1.807, 2.05) is 31.5 Å². The number of nitrogens with zero attached hydrogens (tertiary/aromatic N) is 6. The van der Waals surface area contributed by atoms with Gasteiger partial charge in [-0.3, -0.25) is 0 Å². The molecule has 0 saturated heterocycles. The van der Waals surface area contributed by atoms with Crippen molar-refractivity contribution in [3.05, 3.63) is 45.7 Å². The first-order chi connectivity index (χ1) is 9.65. The third-order valence-corrected chi connectivity index (χ3v) is 3.87. The van der Waals surface area contributed by atoms with Gasteiger partial charge in [0.25, 0.3) is 5.95 Å². The number of hydrogen-bond acceptors (Lipinski definition) is 5. The van der Waals surface area contributed by atoms with E-state index in [0.717, 1.165) is 16.3 Å². The van der Waals surface area contributed by atoms with Gasteiger partial charge in [0.2, 0.25) is 0 Å². The molecule has 0 N–H and O–H groups in total. The molecule has 0 bridgehead atoms. The summed E-state index contributed by atoms with van der Waals surface area (Å²) in [7, 11) is 0. The van der Waals surface area contributed by atoms with Crippen molar-refractivity contribution in [1.82, 2.24) is 24.7 Å². The number of aromatic nitrogens is 5. The molecule has 0 saturated carbocycles. The standard InChI is InChI=1S/C13H14N6S/c1-9-4-5-20-12(9)7-15-18-8-14-16-13(18)19-11(3)6-10(2)17-19/h4-8H,1-3H3/b15-7-. The Morgan fingerprint density at radius 2 is 2.15 bits per heavy atom. The van der Waals surface area contributed by atoms with Gasteiger partial charge in [0.05, 0.1) is 16.8 Å². The molecular formula is C13H14N6S. The Morgan fingerprint density at radius 1 is 1.30 bits per heavy atom. The lowest BCUT2D eigenvalue weighted by Crippen LogP contribution is -2.06. The number of aryl methyl sites for hydroxylation is 3. The molecule has 3 aromatic heterocycles. The van der Waals surface area contributed by atoms with E-state index in [1.54, 1.807) is 27.0 Å². The highest BCUT2D eigenvalue weighted by molar-refractivity contribution is 7.11. The zero-order valence-corrected chi connectivity index (χ0v) is 12.3. The summed E-state index contributed by atoms with van der Waals surface area (Å²) in [6.45, 7) is 5.99. The van der Waals surface area contributed by atoms with Crippen LogP contribution >= 0.6 is 11.3 Å². The van der Waals surface area contributed by atoms with Crippen LogP contribution in [0.15, 0.2) is 28.9 Å². The third-order valence-electron chi connectivity index (χ3n) is 2.91. The van der Waals surface area contributed by atoms with Crippen LogP contribution in [0.5, 0.6) is 0 Å².